The van der Waals surface area contributed by atoms with Crippen LogP contribution < -0.4 is 14.2 Å². The van der Waals surface area contributed by atoms with E-state index >= 15 is 0 Å². The van der Waals surface area contributed by atoms with Gasteiger partial charge in [0.1, 0.15) is 18.2 Å². The number of allylic oxidation sites excluding steroid dienone is 1. The Hall–Kier alpha value is -3.44. The van der Waals surface area contributed by atoms with Gasteiger partial charge < -0.3 is 18.8 Å². The summed E-state index contributed by atoms with van der Waals surface area (Å²) in [5, 5.41) is 0.744. The number of aryl methyl sites for hydroxylation is 2. The second-order valence-corrected chi connectivity index (χ2v) is 8.46. The Morgan fingerprint density at radius 2 is 1.88 bits per heavy atom. The van der Waals surface area contributed by atoms with E-state index < -0.39 is 0 Å². The lowest BCUT2D eigenvalue weighted by Crippen LogP contribution is -2.10. The first-order chi connectivity index (χ1) is 16.6. The summed E-state index contributed by atoms with van der Waals surface area (Å²) in [6.45, 7) is 7.46. The molecule has 0 atom stereocenters. The molecule has 0 saturated heterocycles. The van der Waals surface area contributed by atoms with Gasteiger partial charge in [0.15, 0.2) is 11.5 Å². The van der Waals surface area contributed by atoms with E-state index in [9.17, 15) is 0 Å². The molecule has 0 spiro atoms. The average Bonchev–Trinajstić information content (AvgIpc) is 3.20. The van der Waals surface area contributed by atoms with Gasteiger partial charge in [0, 0.05) is 11.6 Å². The SMILES string of the molecule is C=CCc1ccc(OCc2nc3ccccc3n2CCCOc2ccc(Cl)c(C)c2)c(OC)c1. The zero-order valence-corrected chi connectivity index (χ0v) is 20.3. The van der Waals surface area contributed by atoms with Crippen molar-refractivity contribution in [3.8, 4) is 17.2 Å². The topological polar surface area (TPSA) is 45.5 Å². The van der Waals surface area contributed by atoms with E-state index in [2.05, 4.69) is 17.2 Å². The summed E-state index contributed by atoms with van der Waals surface area (Å²) in [5.74, 6) is 3.08. The summed E-state index contributed by atoms with van der Waals surface area (Å²) >= 11 is 6.11. The number of ether oxygens (including phenoxy) is 3. The van der Waals surface area contributed by atoms with Crippen LogP contribution in [0.15, 0.2) is 73.3 Å². The summed E-state index contributed by atoms with van der Waals surface area (Å²) in [7, 11) is 1.65. The molecule has 0 N–H and O–H groups in total. The van der Waals surface area contributed by atoms with Crippen molar-refractivity contribution in [2.45, 2.75) is 32.9 Å². The largest absolute Gasteiger partial charge is 0.494 e. The quantitative estimate of drug-likeness (QED) is 0.177. The van der Waals surface area contributed by atoms with E-state index in [1.807, 2.05) is 67.6 Å². The molecule has 0 aliphatic carbocycles. The molecule has 4 aromatic rings. The number of para-hydroxylation sites is 2. The molecule has 0 saturated carbocycles. The number of fused-ring (bicyclic) bond motifs is 1. The maximum atomic E-state index is 6.14. The Morgan fingerprint density at radius 1 is 1.03 bits per heavy atom. The summed E-state index contributed by atoms with van der Waals surface area (Å²) in [5.41, 5.74) is 4.16. The number of methoxy groups -OCH3 is 1. The summed E-state index contributed by atoms with van der Waals surface area (Å²) in [4.78, 5) is 4.82. The van der Waals surface area contributed by atoms with Crippen molar-refractivity contribution in [1.82, 2.24) is 9.55 Å². The van der Waals surface area contributed by atoms with Crippen molar-refractivity contribution in [3.63, 3.8) is 0 Å². The molecule has 0 unspecified atom stereocenters. The monoisotopic (exact) mass is 476 g/mol. The van der Waals surface area contributed by atoms with Crippen LogP contribution in [0.4, 0.5) is 0 Å². The van der Waals surface area contributed by atoms with Gasteiger partial charge in [-0.2, -0.15) is 0 Å². The molecule has 0 fully saturated rings. The Morgan fingerprint density at radius 3 is 2.68 bits per heavy atom. The standard InChI is InChI=1S/C28H29ClN2O3/c1-4-8-21-11-14-26(27(18-21)32-3)34-19-28-30-24-9-5-6-10-25(24)31(28)15-7-16-33-22-12-13-23(29)20(2)17-22/h4-6,9-14,17-18H,1,7-8,15-16,19H2,2-3H3. The molecule has 0 aliphatic rings. The first-order valence-corrected chi connectivity index (χ1v) is 11.7. The van der Waals surface area contributed by atoms with Gasteiger partial charge in [-0.3, -0.25) is 0 Å². The van der Waals surface area contributed by atoms with Crippen molar-refractivity contribution in [1.29, 1.82) is 0 Å². The smallest absolute Gasteiger partial charge is 0.161 e. The van der Waals surface area contributed by atoms with Crippen LogP contribution in [0.25, 0.3) is 11.0 Å². The molecular weight excluding hydrogens is 448 g/mol. The molecule has 4 rings (SSSR count). The zero-order chi connectivity index (χ0) is 23.9. The third kappa shape index (κ3) is 5.54. The summed E-state index contributed by atoms with van der Waals surface area (Å²) < 4.78 is 19.8. The summed E-state index contributed by atoms with van der Waals surface area (Å²) in [6, 6.07) is 19.8. The van der Waals surface area contributed by atoms with Crippen molar-refractivity contribution < 1.29 is 14.2 Å². The van der Waals surface area contributed by atoms with Crippen LogP contribution in [0.1, 0.15) is 23.4 Å². The molecular formula is C28H29ClN2O3. The minimum Gasteiger partial charge on any atom is -0.494 e. The number of aromatic nitrogens is 2. The predicted octanol–water partition coefficient (Wildman–Crippen LogP) is 6.78. The van der Waals surface area contributed by atoms with Crippen molar-refractivity contribution >= 4 is 22.6 Å². The van der Waals surface area contributed by atoms with Crippen LogP contribution in [0, 0.1) is 6.92 Å². The molecule has 0 radical (unpaired) electrons. The van der Waals surface area contributed by atoms with Crippen molar-refractivity contribution in [2.24, 2.45) is 0 Å². The van der Waals surface area contributed by atoms with Gasteiger partial charge in [0.2, 0.25) is 0 Å². The summed E-state index contributed by atoms with van der Waals surface area (Å²) in [6.07, 6.45) is 3.48. The van der Waals surface area contributed by atoms with Gasteiger partial charge in [-0.1, -0.05) is 35.9 Å². The minimum absolute atomic E-state index is 0.336. The highest BCUT2D eigenvalue weighted by molar-refractivity contribution is 6.31. The second-order valence-electron chi connectivity index (χ2n) is 8.05. The van der Waals surface area contributed by atoms with E-state index in [1.165, 1.54) is 0 Å². The van der Waals surface area contributed by atoms with E-state index in [0.717, 1.165) is 58.1 Å². The Labute approximate surface area is 205 Å². The molecule has 1 aromatic heterocycles. The molecule has 0 bridgehead atoms. The molecule has 5 nitrogen and oxygen atoms in total. The molecule has 34 heavy (non-hydrogen) atoms. The van der Waals surface area contributed by atoms with Crippen LogP contribution in [-0.4, -0.2) is 23.3 Å². The number of nitrogens with zero attached hydrogens (tertiary/aromatic N) is 2. The van der Waals surface area contributed by atoms with E-state index in [0.29, 0.717) is 24.7 Å². The van der Waals surface area contributed by atoms with E-state index in [-0.39, 0.29) is 0 Å². The fraction of sp³-hybridized carbons (Fsp3) is 0.250. The highest BCUT2D eigenvalue weighted by Crippen LogP contribution is 2.29. The van der Waals surface area contributed by atoms with Gasteiger partial charge in [-0.05, 0) is 73.4 Å². The maximum absolute atomic E-state index is 6.14. The van der Waals surface area contributed by atoms with Gasteiger partial charge in [0.05, 0.1) is 24.8 Å². The fourth-order valence-corrected chi connectivity index (χ4v) is 3.99. The lowest BCUT2D eigenvalue weighted by molar-refractivity contribution is 0.267. The van der Waals surface area contributed by atoms with Crippen LogP contribution >= 0.6 is 11.6 Å². The van der Waals surface area contributed by atoms with Gasteiger partial charge in [0.25, 0.3) is 0 Å². The predicted molar refractivity (Wildman–Crippen MR) is 137 cm³/mol. The Balaban J connectivity index is 1.45. The Kier molecular flexibility index (Phi) is 7.76. The molecule has 1 heterocycles. The van der Waals surface area contributed by atoms with Crippen LogP contribution in [0.5, 0.6) is 17.2 Å². The van der Waals surface area contributed by atoms with Crippen LogP contribution in [0.2, 0.25) is 5.02 Å². The maximum Gasteiger partial charge on any atom is 0.161 e. The lowest BCUT2D eigenvalue weighted by Gasteiger charge is -2.14. The molecule has 176 valence electrons. The lowest BCUT2D eigenvalue weighted by atomic mass is 10.1. The third-order valence-corrected chi connectivity index (χ3v) is 6.05. The number of halogens is 1. The van der Waals surface area contributed by atoms with Crippen molar-refractivity contribution in [3.05, 3.63) is 95.3 Å². The van der Waals surface area contributed by atoms with E-state index in [4.69, 9.17) is 30.8 Å². The molecule has 3 aromatic carbocycles. The minimum atomic E-state index is 0.336. The molecule has 6 heteroatoms. The first-order valence-electron chi connectivity index (χ1n) is 11.3. The van der Waals surface area contributed by atoms with Gasteiger partial charge in [-0.25, -0.2) is 4.98 Å². The van der Waals surface area contributed by atoms with Crippen LogP contribution in [-0.2, 0) is 19.6 Å². The second kappa shape index (κ2) is 11.1. The van der Waals surface area contributed by atoms with Gasteiger partial charge >= 0.3 is 0 Å². The normalized spacial score (nSPS) is 10.9. The number of hydrogen-bond acceptors (Lipinski definition) is 4. The number of imidazole rings is 1. The molecule has 0 aliphatic heterocycles. The van der Waals surface area contributed by atoms with E-state index in [1.54, 1.807) is 7.11 Å². The van der Waals surface area contributed by atoms with Crippen molar-refractivity contribution in [2.75, 3.05) is 13.7 Å². The number of hydrogen-bond donors (Lipinski definition) is 0. The highest BCUT2D eigenvalue weighted by atomic mass is 35.5. The Bertz CT molecular complexity index is 1280. The average molecular weight is 477 g/mol. The molecule has 0 amide bonds. The van der Waals surface area contributed by atoms with Crippen LogP contribution in [0.3, 0.4) is 0 Å². The van der Waals surface area contributed by atoms with Gasteiger partial charge in [-0.15, -0.1) is 6.58 Å². The first kappa shape index (κ1) is 23.7. The number of rotatable bonds is 11. The fourth-order valence-electron chi connectivity index (χ4n) is 3.87. The third-order valence-electron chi connectivity index (χ3n) is 5.62. The number of benzene rings is 3. The highest BCUT2D eigenvalue weighted by Gasteiger charge is 2.13. The zero-order valence-electron chi connectivity index (χ0n) is 19.6.